The predicted molar refractivity (Wildman–Crippen MR) is 76.2 cm³/mol. The molecule has 23 heavy (non-hydrogen) atoms. The van der Waals surface area contributed by atoms with Crippen molar-refractivity contribution in [3.05, 3.63) is 43.9 Å². The summed E-state index contributed by atoms with van der Waals surface area (Å²) in [5, 5.41) is 10.8. The molecule has 7 nitrogen and oxygen atoms in total. The van der Waals surface area contributed by atoms with Crippen LogP contribution in [0.5, 0.6) is 0 Å². The molecule has 0 aliphatic heterocycles. The van der Waals surface area contributed by atoms with Gasteiger partial charge >= 0.3 is 11.9 Å². The molecule has 0 spiro atoms. The van der Waals surface area contributed by atoms with Gasteiger partial charge in [0.25, 0.3) is 0 Å². The highest BCUT2D eigenvalue weighted by Gasteiger charge is 2.43. The first-order chi connectivity index (χ1) is 10.7. The number of halogens is 3. The van der Waals surface area contributed by atoms with E-state index in [1.807, 2.05) is 0 Å². The van der Waals surface area contributed by atoms with Gasteiger partial charge in [0.05, 0.1) is 20.1 Å². The molecule has 10 heteroatoms. The van der Waals surface area contributed by atoms with Gasteiger partial charge in [-0.15, -0.1) is 0 Å². The molecule has 0 amide bonds. The Morgan fingerprint density at radius 3 is 2.00 bits per heavy atom. The molecule has 1 atom stereocenters. The molecule has 126 valence electrons. The first kappa shape index (κ1) is 18.9. The first-order valence-corrected chi connectivity index (χ1v) is 6.94. The molecule has 0 bridgehead atoms. The molecule has 0 N–H and O–H groups in total. The maximum absolute atomic E-state index is 14.1. The zero-order valence-electron chi connectivity index (χ0n) is 12.0. The molecule has 0 radical (unpaired) electrons. The predicted octanol–water partition coefficient (Wildman–Crippen LogP) is 2.05. The van der Waals surface area contributed by atoms with Crippen molar-refractivity contribution in [1.29, 1.82) is 0 Å². The van der Waals surface area contributed by atoms with Gasteiger partial charge in [-0.1, -0.05) is 15.9 Å². The topological polar surface area (TPSA) is 95.7 Å². The van der Waals surface area contributed by atoms with Gasteiger partial charge in [0.1, 0.15) is 11.6 Å². The van der Waals surface area contributed by atoms with Crippen LogP contribution >= 0.6 is 15.9 Å². The second kappa shape index (κ2) is 7.95. The van der Waals surface area contributed by atoms with Gasteiger partial charge in [-0.25, -0.2) is 8.78 Å². The fourth-order valence-corrected chi connectivity index (χ4v) is 2.51. The third-order valence-corrected chi connectivity index (χ3v) is 3.53. The highest BCUT2D eigenvalue weighted by molar-refractivity contribution is 9.10. The molecule has 0 fully saturated rings. The highest BCUT2D eigenvalue weighted by Crippen LogP contribution is 2.33. The Labute approximate surface area is 137 Å². The SMILES string of the molecule is COC(=O)C(C(=O)OC)[C@@H](C[N+](=O)[O-])c1c(F)cc(Br)cc1F. The number of carbonyl (C=O) groups is 2. The van der Waals surface area contributed by atoms with Crippen molar-refractivity contribution in [2.24, 2.45) is 5.92 Å². The quantitative estimate of drug-likeness (QED) is 0.316. The fourth-order valence-electron chi connectivity index (χ4n) is 2.11. The number of hydrogen-bond donors (Lipinski definition) is 0. The minimum atomic E-state index is -1.87. The van der Waals surface area contributed by atoms with Gasteiger partial charge < -0.3 is 9.47 Å². The van der Waals surface area contributed by atoms with Crippen LogP contribution in [0.25, 0.3) is 0 Å². The summed E-state index contributed by atoms with van der Waals surface area (Å²) in [7, 11) is 1.88. The lowest BCUT2D eigenvalue weighted by molar-refractivity contribution is -0.484. The molecule has 0 aromatic heterocycles. The number of esters is 2. The number of rotatable bonds is 6. The molecule has 1 aromatic carbocycles. The van der Waals surface area contributed by atoms with Crippen LogP contribution < -0.4 is 0 Å². The first-order valence-electron chi connectivity index (χ1n) is 6.14. The molecular formula is C13H12BrF2NO6. The van der Waals surface area contributed by atoms with Crippen LogP contribution in [0, 0.1) is 27.7 Å². The molecule has 0 saturated heterocycles. The average Bonchev–Trinajstić information content (AvgIpc) is 2.45. The molecule has 0 aliphatic carbocycles. The van der Waals surface area contributed by atoms with Crippen molar-refractivity contribution < 1.29 is 32.8 Å². The number of nitro groups is 1. The fraction of sp³-hybridized carbons (Fsp3) is 0.385. The number of benzene rings is 1. The third-order valence-electron chi connectivity index (χ3n) is 3.07. The Morgan fingerprint density at radius 1 is 1.22 bits per heavy atom. The summed E-state index contributed by atoms with van der Waals surface area (Å²) in [4.78, 5) is 33.6. The van der Waals surface area contributed by atoms with E-state index in [0.717, 1.165) is 26.4 Å². The van der Waals surface area contributed by atoms with Gasteiger partial charge in [-0.05, 0) is 12.1 Å². The Balaban J connectivity index is 3.52. The highest BCUT2D eigenvalue weighted by atomic mass is 79.9. The van der Waals surface area contributed by atoms with E-state index in [2.05, 4.69) is 25.4 Å². The van der Waals surface area contributed by atoms with Crippen molar-refractivity contribution in [2.75, 3.05) is 20.8 Å². The Morgan fingerprint density at radius 2 is 1.65 bits per heavy atom. The minimum Gasteiger partial charge on any atom is -0.468 e. The maximum Gasteiger partial charge on any atom is 0.320 e. The van der Waals surface area contributed by atoms with Crippen molar-refractivity contribution in [3.8, 4) is 0 Å². The second-order valence-corrected chi connectivity index (χ2v) is 5.34. The summed E-state index contributed by atoms with van der Waals surface area (Å²) in [5.41, 5.74) is -0.759. The van der Waals surface area contributed by atoms with Crippen LogP contribution in [-0.2, 0) is 19.1 Å². The molecular weight excluding hydrogens is 384 g/mol. The summed E-state index contributed by atoms with van der Waals surface area (Å²) < 4.78 is 37.1. The summed E-state index contributed by atoms with van der Waals surface area (Å²) in [6.45, 7) is -1.07. The molecule has 1 aromatic rings. The molecule has 0 aliphatic rings. The lowest BCUT2D eigenvalue weighted by Gasteiger charge is -2.21. The van der Waals surface area contributed by atoms with Crippen LogP contribution in [0.4, 0.5) is 8.78 Å². The van der Waals surface area contributed by atoms with Gasteiger partial charge in [-0.2, -0.15) is 0 Å². The molecule has 0 heterocycles. The smallest absolute Gasteiger partial charge is 0.320 e. The van der Waals surface area contributed by atoms with Gasteiger partial charge in [-0.3, -0.25) is 19.7 Å². The van der Waals surface area contributed by atoms with E-state index in [1.165, 1.54) is 0 Å². The maximum atomic E-state index is 14.1. The Bertz CT molecular complexity index is 600. The van der Waals surface area contributed by atoms with Crippen LogP contribution in [0.1, 0.15) is 11.5 Å². The van der Waals surface area contributed by atoms with E-state index in [0.29, 0.717) is 0 Å². The second-order valence-electron chi connectivity index (χ2n) is 4.43. The van der Waals surface area contributed by atoms with Gasteiger partial charge in [0.15, 0.2) is 5.92 Å². The Kier molecular flexibility index (Phi) is 6.55. The van der Waals surface area contributed by atoms with Crippen LogP contribution in [0.3, 0.4) is 0 Å². The standard InChI is InChI=1S/C13H12BrF2NO6/c1-22-12(18)11(13(19)23-2)7(5-17(20)21)10-8(15)3-6(14)4-9(10)16/h3-4,7,11H,5H2,1-2H3/t7-/m0/s1. The third kappa shape index (κ3) is 4.44. The monoisotopic (exact) mass is 395 g/mol. The van der Waals surface area contributed by atoms with E-state index in [9.17, 15) is 28.5 Å². The van der Waals surface area contributed by atoms with E-state index in [-0.39, 0.29) is 4.47 Å². The summed E-state index contributed by atoms with van der Waals surface area (Å²) in [6, 6.07) is 1.74. The normalized spacial score (nSPS) is 11.9. The molecule has 0 saturated carbocycles. The largest absolute Gasteiger partial charge is 0.468 e. The summed E-state index contributed by atoms with van der Waals surface area (Å²) in [6.07, 6.45) is 0. The van der Waals surface area contributed by atoms with Crippen molar-refractivity contribution in [1.82, 2.24) is 0 Å². The zero-order valence-corrected chi connectivity index (χ0v) is 13.6. The lowest BCUT2D eigenvalue weighted by Crippen LogP contribution is -2.36. The molecule has 1 rings (SSSR count). The number of nitrogens with zero attached hydrogens (tertiary/aromatic N) is 1. The van der Waals surface area contributed by atoms with Crippen LogP contribution in [-0.4, -0.2) is 37.6 Å². The Hall–Kier alpha value is -2.10. The van der Waals surface area contributed by atoms with E-state index < -0.39 is 52.4 Å². The summed E-state index contributed by atoms with van der Waals surface area (Å²) in [5.74, 6) is -8.25. The summed E-state index contributed by atoms with van der Waals surface area (Å²) >= 11 is 2.87. The van der Waals surface area contributed by atoms with Gasteiger partial charge in [0, 0.05) is 15.0 Å². The van der Waals surface area contributed by atoms with Gasteiger partial charge in [0.2, 0.25) is 6.54 Å². The molecule has 0 unspecified atom stereocenters. The zero-order chi connectivity index (χ0) is 17.7. The number of ether oxygens (including phenoxy) is 2. The van der Waals surface area contributed by atoms with Crippen molar-refractivity contribution in [2.45, 2.75) is 5.92 Å². The van der Waals surface area contributed by atoms with Crippen LogP contribution in [0.15, 0.2) is 16.6 Å². The average molecular weight is 396 g/mol. The van der Waals surface area contributed by atoms with Crippen molar-refractivity contribution >= 4 is 27.9 Å². The number of carbonyl (C=O) groups excluding carboxylic acids is 2. The minimum absolute atomic E-state index is 0.0591. The number of hydrogen-bond acceptors (Lipinski definition) is 6. The van der Waals surface area contributed by atoms with E-state index in [1.54, 1.807) is 0 Å². The van der Waals surface area contributed by atoms with Crippen molar-refractivity contribution in [3.63, 3.8) is 0 Å². The van der Waals surface area contributed by atoms with Crippen LogP contribution in [0.2, 0.25) is 0 Å². The van der Waals surface area contributed by atoms with E-state index in [4.69, 9.17) is 0 Å². The lowest BCUT2D eigenvalue weighted by atomic mass is 9.85. The van der Waals surface area contributed by atoms with E-state index >= 15 is 0 Å². The number of methoxy groups -OCH3 is 2.